The minimum absolute atomic E-state index is 0.390. The van der Waals surface area contributed by atoms with Crippen LogP contribution in [-0.4, -0.2) is 22.9 Å². The van der Waals surface area contributed by atoms with E-state index in [4.69, 9.17) is 9.72 Å². The van der Waals surface area contributed by atoms with Gasteiger partial charge >= 0.3 is 0 Å². The minimum Gasteiger partial charge on any atom is -0.497 e. The number of amidine groups is 1. The Balaban J connectivity index is 1.74. The molecule has 0 amide bonds. The summed E-state index contributed by atoms with van der Waals surface area (Å²) in [5, 5.41) is 5.33. The molecule has 26 heavy (non-hydrogen) atoms. The lowest BCUT2D eigenvalue weighted by Crippen LogP contribution is -2.35. The van der Waals surface area contributed by atoms with Crippen molar-refractivity contribution in [3.8, 4) is 5.75 Å². The summed E-state index contributed by atoms with van der Waals surface area (Å²) in [6.07, 6.45) is 0.752. The molecule has 1 aliphatic heterocycles. The van der Waals surface area contributed by atoms with Gasteiger partial charge in [0.15, 0.2) is 5.84 Å². The number of hydrogen-bond acceptors (Lipinski definition) is 6. The molecule has 3 heterocycles. The molecule has 2 aromatic heterocycles. The first-order valence-electron chi connectivity index (χ1n) is 8.64. The number of pyridine rings is 1. The number of nitrogens with zero attached hydrogens (tertiary/aromatic N) is 2. The van der Waals surface area contributed by atoms with Crippen LogP contribution in [0.3, 0.4) is 0 Å². The van der Waals surface area contributed by atoms with E-state index in [0.29, 0.717) is 11.8 Å². The molecular formula is C19H22N6O. The zero-order valence-corrected chi connectivity index (χ0v) is 15.1. The molecule has 0 radical (unpaired) electrons. The van der Waals surface area contributed by atoms with Gasteiger partial charge in [-0.2, -0.15) is 0 Å². The summed E-state index contributed by atoms with van der Waals surface area (Å²) in [6, 6.07) is 12.2. The van der Waals surface area contributed by atoms with Crippen LogP contribution in [0.2, 0.25) is 0 Å². The van der Waals surface area contributed by atoms with E-state index in [1.807, 2.05) is 30.3 Å². The molecule has 0 atom stereocenters. The maximum Gasteiger partial charge on any atom is 0.189 e. The molecule has 0 fully saturated rings. The Morgan fingerprint density at radius 2 is 2.04 bits per heavy atom. The van der Waals surface area contributed by atoms with Crippen LogP contribution in [0.25, 0.3) is 10.9 Å². The number of ether oxygens (including phenoxy) is 1. The highest BCUT2D eigenvalue weighted by Crippen LogP contribution is 2.31. The fraction of sp³-hybridized carbons (Fsp3) is 0.263. The number of fused-ring (bicyclic) bond motifs is 1. The van der Waals surface area contributed by atoms with E-state index in [1.165, 1.54) is 16.6 Å². The topological polar surface area (TPSA) is 86.4 Å². The van der Waals surface area contributed by atoms with Crippen molar-refractivity contribution < 1.29 is 4.74 Å². The largest absolute Gasteiger partial charge is 0.497 e. The van der Waals surface area contributed by atoms with Crippen LogP contribution in [0.1, 0.15) is 42.4 Å². The molecule has 7 nitrogen and oxygen atoms in total. The number of hydrogen-bond donors (Lipinski definition) is 4. The van der Waals surface area contributed by atoms with Crippen molar-refractivity contribution in [1.29, 1.82) is 0 Å². The number of nitrogens with one attached hydrogen (secondary N) is 4. The quantitative estimate of drug-likeness (QED) is 0.568. The van der Waals surface area contributed by atoms with Gasteiger partial charge in [0.1, 0.15) is 11.4 Å². The number of hydrazine groups is 2. The lowest BCUT2D eigenvalue weighted by atomic mass is 9.99. The molecule has 0 saturated carbocycles. The van der Waals surface area contributed by atoms with Gasteiger partial charge in [0.05, 0.1) is 7.11 Å². The molecule has 0 bridgehead atoms. The number of H-pyrrole nitrogens is 1. The number of aromatic amines is 1. The van der Waals surface area contributed by atoms with Gasteiger partial charge in [0, 0.05) is 34.8 Å². The van der Waals surface area contributed by atoms with Gasteiger partial charge in [0.25, 0.3) is 0 Å². The second kappa shape index (κ2) is 6.68. The Hall–Kier alpha value is -3.06. The van der Waals surface area contributed by atoms with Crippen molar-refractivity contribution in [1.82, 2.24) is 26.5 Å². The molecule has 4 rings (SSSR count). The van der Waals surface area contributed by atoms with Crippen molar-refractivity contribution in [3.63, 3.8) is 0 Å². The first kappa shape index (κ1) is 16.4. The molecule has 3 aromatic rings. The fourth-order valence-electron chi connectivity index (χ4n) is 3.28. The van der Waals surface area contributed by atoms with Gasteiger partial charge in [-0.3, -0.25) is 5.43 Å². The molecule has 0 spiro atoms. The van der Waals surface area contributed by atoms with Gasteiger partial charge in [-0.15, -0.1) is 10.6 Å². The zero-order valence-electron chi connectivity index (χ0n) is 15.1. The Kier molecular flexibility index (Phi) is 4.22. The first-order chi connectivity index (χ1) is 12.7. The van der Waals surface area contributed by atoms with Gasteiger partial charge in [0.2, 0.25) is 0 Å². The van der Waals surface area contributed by atoms with Crippen molar-refractivity contribution in [3.05, 3.63) is 59.0 Å². The van der Waals surface area contributed by atoms with E-state index < -0.39 is 0 Å². The standard InChI is InChI=1S/C19H22N6O/c1-11(2)18-15(14-8-7-13(26-3)10-17(14)21-18)9-12-5-4-6-16(20-12)19-22-24-25-23-19/h4-8,10-11,21,24-25H,9H2,1-3H3,(H,22,23). The van der Waals surface area contributed by atoms with E-state index in [0.717, 1.165) is 29.1 Å². The van der Waals surface area contributed by atoms with Crippen LogP contribution in [0, 0.1) is 0 Å². The highest BCUT2D eigenvalue weighted by molar-refractivity contribution is 5.97. The summed E-state index contributed by atoms with van der Waals surface area (Å²) in [5.41, 5.74) is 13.7. The van der Waals surface area contributed by atoms with Crippen LogP contribution >= 0.6 is 0 Å². The zero-order chi connectivity index (χ0) is 18.1. The molecule has 1 aliphatic rings. The van der Waals surface area contributed by atoms with Crippen LogP contribution in [0.5, 0.6) is 5.75 Å². The van der Waals surface area contributed by atoms with E-state index in [1.54, 1.807) is 7.11 Å². The number of aromatic nitrogens is 2. The molecule has 134 valence electrons. The van der Waals surface area contributed by atoms with Crippen molar-refractivity contribution in [2.75, 3.05) is 7.11 Å². The monoisotopic (exact) mass is 350 g/mol. The predicted molar refractivity (Wildman–Crippen MR) is 102 cm³/mol. The highest BCUT2D eigenvalue weighted by atomic mass is 16.5. The Bertz CT molecular complexity index is 975. The summed E-state index contributed by atoms with van der Waals surface area (Å²) in [6.45, 7) is 4.40. The van der Waals surface area contributed by atoms with Gasteiger partial charge in [-0.25, -0.2) is 10.5 Å². The van der Waals surface area contributed by atoms with Crippen LogP contribution in [0.15, 0.2) is 41.5 Å². The third-order valence-electron chi connectivity index (χ3n) is 4.54. The second-order valence-electron chi connectivity index (χ2n) is 6.60. The van der Waals surface area contributed by atoms with E-state index in [9.17, 15) is 0 Å². The number of benzene rings is 1. The van der Waals surface area contributed by atoms with Crippen LogP contribution in [0.4, 0.5) is 0 Å². The highest BCUT2D eigenvalue weighted by Gasteiger charge is 2.17. The Labute approximate surface area is 151 Å². The summed E-state index contributed by atoms with van der Waals surface area (Å²) >= 11 is 0. The average molecular weight is 350 g/mol. The maximum absolute atomic E-state index is 5.36. The lowest BCUT2D eigenvalue weighted by Gasteiger charge is -2.09. The smallest absolute Gasteiger partial charge is 0.189 e. The third-order valence-corrected chi connectivity index (χ3v) is 4.54. The molecule has 0 unspecified atom stereocenters. The molecule has 0 saturated heterocycles. The molecular weight excluding hydrogens is 328 g/mol. The predicted octanol–water partition coefficient (Wildman–Crippen LogP) is 2.56. The van der Waals surface area contributed by atoms with Crippen LogP contribution < -0.4 is 21.2 Å². The third kappa shape index (κ3) is 2.97. The van der Waals surface area contributed by atoms with Gasteiger partial charge in [-0.1, -0.05) is 19.9 Å². The normalized spacial score (nSPS) is 13.6. The van der Waals surface area contributed by atoms with E-state index in [2.05, 4.69) is 46.5 Å². The van der Waals surface area contributed by atoms with E-state index in [-0.39, 0.29) is 0 Å². The lowest BCUT2D eigenvalue weighted by molar-refractivity contribution is 0.415. The van der Waals surface area contributed by atoms with Crippen molar-refractivity contribution in [2.45, 2.75) is 26.2 Å². The summed E-state index contributed by atoms with van der Waals surface area (Å²) in [7, 11) is 1.69. The fourth-order valence-corrected chi connectivity index (χ4v) is 3.28. The number of methoxy groups -OCH3 is 1. The molecule has 1 aromatic carbocycles. The number of hydrazone groups is 1. The Morgan fingerprint density at radius 3 is 2.77 bits per heavy atom. The maximum atomic E-state index is 5.36. The van der Waals surface area contributed by atoms with E-state index >= 15 is 0 Å². The summed E-state index contributed by atoms with van der Waals surface area (Å²) < 4.78 is 5.36. The van der Waals surface area contributed by atoms with Gasteiger partial charge in [-0.05, 0) is 35.7 Å². The summed E-state index contributed by atoms with van der Waals surface area (Å²) in [4.78, 5) is 8.32. The van der Waals surface area contributed by atoms with Gasteiger partial charge < -0.3 is 9.72 Å². The van der Waals surface area contributed by atoms with Crippen molar-refractivity contribution in [2.24, 2.45) is 5.10 Å². The minimum atomic E-state index is 0.390. The number of rotatable bonds is 5. The first-order valence-corrected chi connectivity index (χ1v) is 8.64. The van der Waals surface area contributed by atoms with Crippen molar-refractivity contribution >= 4 is 16.7 Å². The average Bonchev–Trinajstić information content (AvgIpc) is 3.30. The molecule has 0 aliphatic carbocycles. The SMILES string of the molecule is COc1ccc2c(Cc3cccc(C4=NNNN4)n3)c(C(C)C)[nH]c2c1. The molecule has 7 heteroatoms. The Morgan fingerprint density at radius 1 is 1.15 bits per heavy atom. The second-order valence-corrected chi connectivity index (χ2v) is 6.60. The van der Waals surface area contributed by atoms with Crippen LogP contribution in [-0.2, 0) is 6.42 Å². The summed E-state index contributed by atoms with van der Waals surface area (Å²) in [5.74, 6) is 1.92. The molecule has 4 N–H and O–H groups in total.